The average Bonchev–Trinajstić information content (AvgIpc) is 3.55. The summed E-state index contributed by atoms with van der Waals surface area (Å²) in [7, 11) is 0. The minimum absolute atomic E-state index is 0.121. The van der Waals surface area contributed by atoms with Crippen molar-refractivity contribution in [3.63, 3.8) is 0 Å². The third-order valence-corrected chi connectivity index (χ3v) is 5.90. The molecule has 0 spiro atoms. The van der Waals surface area contributed by atoms with Gasteiger partial charge in [-0.2, -0.15) is 0 Å². The second-order valence-corrected chi connectivity index (χ2v) is 7.80. The zero-order chi connectivity index (χ0) is 20.6. The summed E-state index contributed by atoms with van der Waals surface area (Å²) in [6.07, 6.45) is -0.435. The molecule has 4 heterocycles. The molecular formula is C22H22N4O5. The molecule has 160 valence electrons. The van der Waals surface area contributed by atoms with E-state index in [-0.39, 0.29) is 24.4 Å². The second-order valence-electron chi connectivity index (χ2n) is 7.80. The SMILES string of the molecule is c1ccc(CO[C@@H]2CO[C@H]3[C@@H]2OC[C@@H]3n2nnnc2-c2ccc3c(c2)OCCO3)cc1. The number of ether oxygens (including phenoxy) is 5. The van der Waals surface area contributed by atoms with Crippen LogP contribution in [0.1, 0.15) is 11.6 Å². The first kappa shape index (κ1) is 18.7. The van der Waals surface area contributed by atoms with Crippen LogP contribution in [-0.2, 0) is 20.8 Å². The summed E-state index contributed by atoms with van der Waals surface area (Å²) < 4.78 is 31.4. The van der Waals surface area contributed by atoms with Crippen molar-refractivity contribution in [2.24, 2.45) is 0 Å². The molecule has 2 aromatic carbocycles. The maximum Gasteiger partial charge on any atom is 0.182 e. The van der Waals surface area contributed by atoms with Crippen LogP contribution in [0.4, 0.5) is 0 Å². The highest BCUT2D eigenvalue weighted by atomic mass is 16.6. The van der Waals surface area contributed by atoms with Gasteiger partial charge in [-0.05, 0) is 34.2 Å². The Morgan fingerprint density at radius 2 is 1.77 bits per heavy atom. The minimum atomic E-state index is -0.166. The maximum absolute atomic E-state index is 6.10. The molecule has 0 amide bonds. The van der Waals surface area contributed by atoms with E-state index in [1.807, 2.05) is 48.5 Å². The molecule has 4 atom stereocenters. The molecule has 31 heavy (non-hydrogen) atoms. The summed E-state index contributed by atoms with van der Waals surface area (Å²) in [6.45, 7) is 2.56. The molecule has 0 radical (unpaired) electrons. The number of benzene rings is 2. The fraction of sp³-hybridized carbons (Fsp3) is 0.409. The van der Waals surface area contributed by atoms with Gasteiger partial charge in [-0.1, -0.05) is 30.3 Å². The first-order valence-corrected chi connectivity index (χ1v) is 10.4. The van der Waals surface area contributed by atoms with E-state index in [0.717, 1.165) is 16.9 Å². The monoisotopic (exact) mass is 422 g/mol. The van der Waals surface area contributed by atoms with Gasteiger partial charge in [-0.15, -0.1) is 5.10 Å². The summed E-state index contributed by atoms with van der Waals surface area (Å²) in [4.78, 5) is 0. The highest BCUT2D eigenvalue weighted by Gasteiger charge is 2.50. The molecule has 0 N–H and O–H groups in total. The predicted molar refractivity (Wildman–Crippen MR) is 108 cm³/mol. The van der Waals surface area contributed by atoms with E-state index in [1.54, 1.807) is 4.68 Å². The largest absolute Gasteiger partial charge is 0.486 e. The van der Waals surface area contributed by atoms with Gasteiger partial charge in [0, 0.05) is 5.56 Å². The zero-order valence-electron chi connectivity index (χ0n) is 16.8. The lowest BCUT2D eigenvalue weighted by Gasteiger charge is -2.20. The van der Waals surface area contributed by atoms with Crippen LogP contribution in [0.3, 0.4) is 0 Å². The normalized spacial score (nSPS) is 26.7. The molecule has 3 aromatic rings. The Morgan fingerprint density at radius 1 is 0.935 bits per heavy atom. The molecule has 3 aliphatic rings. The highest BCUT2D eigenvalue weighted by molar-refractivity contribution is 5.61. The van der Waals surface area contributed by atoms with Crippen LogP contribution in [0.25, 0.3) is 11.4 Å². The summed E-state index contributed by atoms with van der Waals surface area (Å²) >= 11 is 0. The highest BCUT2D eigenvalue weighted by Crippen LogP contribution is 2.38. The first-order valence-electron chi connectivity index (χ1n) is 10.4. The molecule has 1 aromatic heterocycles. The number of hydrogen-bond donors (Lipinski definition) is 0. The van der Waals surface area contributed by atoms with E-state index in [2.05, 4.69) is 15.5 Å². The smallest absolute Gasteiger partial charge is 0.182 e. The Hall–Kier alpha value is -3.01. The minimum Gasteiger partial charge on any atom is -0.486 e. The number of rotatable bonds is 5. The van der Waals surface area contributed by atoms with Crippen LogP contribution in [-0.4, -0.2) is 64.9 Å². The second kappa shape index (κ2) is 7.92. The summed E-state index contributed by atoms with van der Waals surface area (Å²) in [5, 5.41) is 12.4. The number of tetrazole rings is 1. The standard InChI is InChI=1S/C22H22N4O5/c1-2-4-14(5-3-1)11-29-19-13-31-20-16(12-30-21(19)20)26-22(23-24-25-26)15-6-7-17-18(10-15)28-9-8-27-17/h1-7,10,16,19-21H,8-9,11-13H2/t16-,19+,20+,21+/m0/s1. The van der Waals surface area contributed by atoms with E-state index in [1.165, 1.54) is 0 Å². The molecule has 0 saturated carbocycles. The Labute approximate surface area is 178 Å². The average molecular weight is 422 g/mol. The Morgan fingerprint density at radius 3 is 2.68 bits per heavy atom. The fourth-order valence-corrected chi connectivity index (χ4v) is 4.36. The van der Waals surface area contributed by atoms with Crippen LogP contribution in [0.15, 0.2) is 48.5 Å². The van der Waals surface area contributed by atoms with Gasteiger partial charge in [-0.3, -0.25) is 0 Å². The molecule has 3 aliphatic heterocycles. The van der Waals surface area contributed by atoms with Gasteiger partial charge < -0.3 is 23.7 Å². The Balaban J connectivity index is 1.19. The van der Waals surface area contributed by atoms with Gasteiger partial charge in [0.2, 0.25) is 0 Å². The van der Waals surface area contributed by atoms with Crippen LogP contribution < -0.4 is 9.47 Å². The Kier molecular flexibility index (Phi) is 4.78. The van der Waals surface area contributed by atoms with Crippen molar-refractivity contribution in [3.05, 3.63) is 54.1 Å². The summed E-state index contributed by atoms with van der Waals surface area (Å²) in [5.41, 5.74) is 1.98. The first-order chi connectivity index (χ1) is 15.4. The van der Waals surface area contributed by atoms with Gasteiger partial charge in [0.1, 0.15) is 37.6 Å². The molecule has 0 unspecified atom stereocenters. The lowest BCUT2D eigenvalue weighted by atomic mass is 10.1. The molecule has 2 fully saturated rings. The van der Waals surface area contributed by atoms with E-state index in [9.17, 15) is 0 Å². The van der Waals surface area contributed by atoms with Crippen molar-refractivity contribution in [1.82, 2.24) is 20.2 Å². The number of aromatic nitrogens is 4. The number of fused-ring (bicyclic) bond motifs is 2. The van der Waals surface area contributed by atoms with Crippen LogP contribution >= 0.6 is 0 Å². The van der Waals surface area contributed by atoms with Gasteiger partial charge in [0.15, 0.2) is 17.3 Å². The van der Waals surface area contributed by atoms with E-state index < -0.39 is 0 Å². The van der Waals surface area contributed by atoms with Crippen molar-refractivity contribution < 1.29 is 23.7 Å². The Bertz CT molecular complexity index is 1060. The van der Waals surface area contributed by atoms with Gasteiger partial charge in [-0.25, -0.2) is 4.68 Å². The molecule has 0 aliphatic carbocycles. The third-order valence-electron chi connectivity index (χ3n) is 5.90. The molecule has 9 nitrogen and oxygen atoms in total. The lowest BCUT2D eigenvalue weighted by molar-refractivity contribution is -0.0399. The van der Waals surface area contributed by atoms with Gasteiger partial charge in [0.25, 0.3) is 0 Å². The van der Waals surface area contributed by atoms with Gasteiger partial charge >= 0.3 is 0 Å². The van der Waals surface area contributed by atoms with E-state index >= 15 is 0 Å². The van der Waals surface area contributed by atoms with Crippen molar-refractivity contribution in [2.45, 2.75) is 31.0 Å². The molecule has 9 heteroatoms. The lowest BCUT2D eigenvalue weighted by Crippen LogP contribution is -2.32. The topological polar surface area (TPSA) is 89.8 Å². The summed E-state index contributed by atoms with van der Waals surface area (Å²) in [6, 6.07) is 15.7. The van der Waals surface area contributed by atoms with Crippen LogP contribution in [0.5, 0.6) is 11.5 Å². The van der Waals surface area contributed by atoms with Crippen molar-refractivity contribution >= 4 is 0 Å². The third kappa shape index (κ3) is 3.44. The van der Waals surface area contributed by atoms with Crippen LogP contribution in [0.2, 0.25) is 0 Å². The van der Waals surface area contributed by atoms with E-state index in [4.69, 9.17) is 23.7 Å². The fourth-order valence-electron chi connectivity index (χ4n) is 4.36. The van der Waals surface area contributed by atoms with Crippen molar-refractivity contribution in [2.75, 3.05) is 26.4 Å². The zero-order valence-corrected chi connectivity index (χ0v) is 16.8. The molecule has 2 saturated heterocycles. The van der Waals surface area contributed by atoms with Crippen molar-refractivity contribution in [3.8, 4) is 22.9 Å². The molecule has 0 bridgehead atoms. The van der Waals surface area contributed by atoms with E-state index in [0.29, 0.717) is 44.6 Å². The number of nitrogens with zero attached hydrogens (tertiary/aromatic N) is 4. The van der Waals surface area contributed by atoms with Crippen LogP contribution in [0, 0.1) is 0 Å². The molecule has 6 rings (SSSR count). The predicted octanol–water partition coefficient (Wildman–Crippen LogP) is 2.04. The maximum atomic E-state index is 6.10. The van der Waals surface area contributed by atoms with Gasteiger partial charge in [0.05, 0.1) is 19.8 Å². The molecular weight excluding hydrogens is 400 g/mol. The van der Waals surface area contributed by atoms with Crippen molar-refractivity contribution in [1.29, 1.82) is 0 Å². The quantitative estimate of drug-likeness (QED) is 0.617. The summed E-state index contributed by atoms with van der Waals surface area (Å²) in [5.74, 6) is 2.07. The number of hydrogen-bond acceptors (Lipinski definition) is 8.